The van der Waals surface area contributed by atoms with Gasteiger partial charge in [-0.3, -0.25) is 0 Å². The first-order chi connectivity index (χ1) is 32.8. The fourth-order valence-corrected chi connectivity index (χ4v) is 6.19. The van der Waals surface area contributed by atoms with Gasteiger partial charge in [-0.15, -0.1) is 0 Å². The van der Waals surface area contributed by atoms with E-state index in [0.29, 0.717) is 13.2 Å². The Labute approximate surface area is 403 Å². The van der Waals surface area contributed by atoms with Gasteiger partial charge in [-0.05, 0) is 154 Å². The van der Waals surface area contributed by atoms with E-state index in [4.69, 9.17) is 61.6 Å². The first-order valence-corrected chi connectivity index (χ1v) is 26.4. The first kappa shape index (κ1) is 64.7. The van der Waals surface area contributed by atoms with Gasteiger partial charge in [0.05, 0.1) is 6.61 Å². The normalized spacial score (nSPS) is 11.5. The monoisotopic (exact) mass is 951 g/mol. The highest BCUT2D eigenvalue weighted by molar-refractivity contribution is 5.81. The largest absolute Gasteiger partial charge is 0.463 e. The maximum absolute atomic E-state index is 10.9. The highest BCUT2D eigenvalue weighted by Gasteiger charge is 2.00. The SMILES string of the molecule is C=CC(=O)OCCCCOCCCCOCCCCOCCCCOCCCCOCCCCOCCCCOCCCCOCCCCOCCCCOCCCCOCCCCOC. The molecule has 66 heavy (non-hydrogen) atoms. The summed E-state index contributed by atoms with van der Waals surface area (Å²) in [5.41, 5.74) is 0. The number of carbonyl (C=O) groups is 1. The molecule has 0 aliphatic heterocycles. The Morgan fingerprint density at radius 1 is 0.258 bits per heavy atom. The summed E-state index contributed by atoms with van der Waals surface area (Å²) in [7, 11) is 1.74. The van der Waals surface area contributed by atoms with E-state index in [-0.39, 0.29) is 5.97 Å². The van der Waals surface area contributed by atoms with Crippen LogP contribution in [0.3, 0.4) is 0 Å². The first-order valence-electron chi connectivity index (χ1n) is 26.4. The van der Waals surface area contributed by atoms with E-state index < -0.39 is 0 Å². The zero-order valence-corrected chi connectivity index (χ0v) is 42.4. The molecule has 0 radical (unpaired) electrons. The molecule has 0 aromatic rings. The summed E-state index contributed by atoms with van der Waals surface area (Å²) in [6, 6.07) is 0. The van der Waals surface area contributed by atoms with Crippen molar-refractivity contribution >= 4 is 5.97 Å². The molecule has 0 fully saturated rings. The summed E-state index contributed by atoms with van der Waals surface area (Å²) in [6.45, 7) is 22.1. The van der Waals surface area contributed by atoms with Crippen molar-refractivity contribution in [3.05, 3.63) is 12.7 Å². The quantitative estimate of drug-likeness (QED) is 0.0325. The highest BCUT2D eigenvalue weighted by Crippen LogP contribution is 2.03. The molecule has 0 amide bonds. The molecule has 0 atom stereocenters. The van der Waals surface area contributed by atoms with Gasteiger partial charge in [0.25, 0.3) is 0 Å². The Morgan fingerprint density at radius 2 is 0.394 bits per heavy atom. The zero-order chi connectivity index (χ0) is 47.4. The molecule has 14 heteroatoms. The fourth-order valence-electron chi connectivity index (χ4n) is 6.19. The Morgan fingerprint density at radius 3 is 0.530 bits per heavy atom. The van der Waals surface area contributed by atoms with Crippen LogP contribution in [-0.4, -0.2) is 172 Å². The third-order valence-corrected chi connectivity index (χ3v) is 10.3. The Balaban J connectivity index is 3.07. The lowest BCUT2D eigenvalue weighted by atomic mass is 10.3. The number of esters is 1. The van der Waals surface area contributed by atoms with Crippen molar-refractivity contribution in [1.29, 1.82) is 0 Å². The summed E-state index contributed by atoms with van der Waals surface area (Å²) in [5.74, 6) is -0.369. The summed E-state index contributed by atoms with van der Waals surface area (Å²) in [5, 5.41) is 0. The number of carbonyl (C=O) groups excluding carboxylic acids is 1. The second kappa shape index (κ2) is 61.7. The van der Waals surface area contributed by atoms with Crippen molar-refractivity contribution in [3.63, 3.8) is 0 Å². The molecule has 0 saturated heterocycles. The Kier molecular flexibility index (Phi) is 60.6. The lowest BCUT2D eigenvalue weighted by Crippen LogP contribution is -2.05. The van der Waals surface area contributed by atoms with Gasteiger partial charge >= 0.3 is 5.97 Å². The average molecular weight is 951 g/mol. The predicted octanol–water partition coefficient (Wildman–Crippen LogP) is 9.91. The molecule has 0 rings (SSSR count). The number of hydrogen-bond acceptors (Lipinski definition) is 14. The van der Waals surface area contributed by atoms with Crippen molar-refractivity contribution < 1.29 is 66.4 Å². The third-order valence-electron chi connectivity index (χ3n) is 10.3. The minimum absolute atomic E-state index is 0.369. The summed E-state index contributed by atoms with van der Waals surface area (Å²) in [6.07, 6.45) is 25.8. The summed E-state index contributed by atoms with van der Waals surface area (Å²) >= 11 is 0. The number of ether oxygens (including phenoxy) is 13. The fraction of sp³-hybridized carbons (Fsp3) is 0.942. The van der Waals surface area contributed by atoms with E-state index in [0.717, 1.165) is 299 Å². The van der Waals surface area contributed by atoms with Crippen molar-refractivity contribution in [2.24, 2.45) is 0 Å². The molecule has 0 unspecified atom stereocenters. The maximum Gasteiger partial charge on any atom is 0.330 e. The van der Waals surface area contributed by atoms with Crippen molar-refractivity contribution in [2.45, 2.75) is 154 Å². The number of unbranched alkanes of at least 4 members (excludes halogenated alkanes) is 12. The van der Waals surface area contributed by atoms with E-state index >= 15 is 0 Å². The predicted molar refractivity (Wildman–Crippen MR) is 263 cm³/mol. The molecule has 0 bridgehead atoms. The van der Waals surface area contributed by atoms with Crippen LogP contribution in [0, 0.1) is 0 Å². The molecule has 0 heterocycles. The van der Waals surface area contributed by atoms with Crippen LogP contribution >= 0.6 is 0 Å². The Hall–Kier alpha value is -1.27. The van der Waals surface area contributed by atoms with Gasteiger partial charge in [0.15, 0.2) is 0 Å². The molecule has 0 aromatic carbocycles. The van der Waals surface area contributed by atoms with Crippen LogP contribution in [0.4, 0.5) is 0 Å². The second-order valence-electron chi connectivity index (χ2n) is 16.6. The van der Waals surface area contributed by atoms with Crippen LogP contribution in [0.25, 0.3) is 0 Å². The van der Waals surface area contributed by atoms with Gasteiger partial charge < -0.3 is 61.6 Å². The van der Waals surface area contributed by atoms with Crippen LogP contribution < -0.4 is 0 Å². The van der Waals surface area contributed by atoms with E-state index in [1.165, 1.54) is 6.08 Å². The zero-order valence-electron chi connectivity index (χ0n) is 42.4. The topological polar surface area (TPSA) is 137 Å². The molecule has 394 valence electrons. The van der Waals surface area contributed by atoms with Crippen molar-refractivity contribution in [3.8, 4) is 0 Å². The third kappa shape index (κ3) is 60.7. The van der Waals surface area contributed by atoms with E-state index in [2.05, 4.69) is 6.58 Å². The van der Waals surface area contributed by atoms with Crippen LogP contribution in [0.5, 0.6) is 0 Å². The molecular formula is C52H102O14. The summed E-state index contributed by atoms with van der Waals surface area (Å²) < 4.78 is 72.9. The van der Waals surface area contributed by atoms with Crippen molar-refractivity contribution in [2.75, 3.05) is 166 Å². The van der Waals surface area contributed by atoms with E-state index in [9.17, 15) is 4.79 Å². The minimum atomic E-state index is -0.369. The van der Waals surface area contributed by atoms with Gasteiger partial charge in [-0.1, -0.05) is 6.58 Å². The molecule has 0 aliphatic carbocycles. The smallest absolute Gasteiger partial charge is 0.330 e. The molecule has 0 saturated carbocycles. The number of hydrogen-bond donors (Lipinski definition) is 0. The summed E-state index contributed by atoms with van der Waals surface area (Å²) in [4.78, 5) is 10.9. The molecular weight excluding hydrogens is 849 g/mol. The molecule has 0 N–H and O–H groups in total. The van der Waals surface area contributed by atoms with Gasteiger partial charge in [0.2, 0.25) is 0 Å². The van der Waals surface area contributed by atoms with Crippen LogP contribution in [0.1, 0.15) is 154 Å². The van der Waals surface area contributed by atoms with Gasteiger partial charge in [0.1, 0.15) is 0 Å². The standard InChI is InChI=1S/C52H102O14/c1-3-52(53)66-51-27-26-50-65-49-25-24-48-64-47-23-22-46-63-45-21-20-44-62-43-19-18-42-61-41-17-16-40-60-39-15-14-38-59-37-13-12-36-58-35-11-10-34-57-33-9-8-32-56-31-7-6-30-55-29-5-4-28-54-2/h3H,1,4-51H2,2H3. The molecule has 0 spiro atoms. The number of rotatable bonds is 61. The Bertz CT molecular complexity index is 901. The minimum Gasteiger partial charge on any atom is -0.463 e. The lowest BCUT2D eigenvalue weighted by molar-refractivity contribution is -0.137. The van der Waals surface area contributed by atoms with Crippen LogP contribution in [-0.2, 0) is 66.4 Å². The number of methoxy groups -OCH3 is 1. The van der Waals surface area contributed by atoms with Crippen LogP contribution in [0.15, 0.2) is 12.7 Å². The van der Waals surface area contributed by atoms with E-state index in [1.54, 1.807) is 7.11 Å². The van der Waals surface area contributed by atoms with E-state index in [1.807, 2.05) is 0 Å². The lowest BCUT2D eigenvalue weighted by Gasteiger charge is -2.08. The highest BCUT2D eigenvalue weighted by atomic mass is 16.5. The van der Waals surface area contributed by atoms with Crippen molar-refractivity contribution in [1.82, 2.24) is 0 Å². The maximum atomic E-state index is 10.9. The molecule has 0 aromatic heterocycles. The van der Waals surface area contributed by atoms with Gasteiger partial charge in [-0.25, -0.2) is 4.79 Å². The average Bonchev–Trinajstić information content (AvgIpc) is 3.33. The van der Waals surface area contributed by atoms with Gasteiger partial charge in [0, 0.05) is 165 Å². The van der Waals surface area contributed by atoms with Crippen LogP contribution in [0.2, 0.25) is 0 Å². The van der Waals surface area contributed by atoms with Gasteiger partial charge in [-0.2, -0.15) is 0 Å². The molecule has 0 aliphatic rings. The second-order valence-corrected chi connectivity index (χ2v) is 16.6. The molecule has 14 nitrogen and oxygen atoms in total.